The molecule has 0 bridgehead atoms. The van der Waals surface area contributed by atoms with Gasteiger partial charge in [0.1, 0.15) is 11.8 Å². The monoisotopic (exact) mass is 345 g/mol. The van der Waals surface area contributed by atoms with E-state index in [1.807, 2.05) is 63.9 Å². The average Bonchev–Trinajstić information content (AvgIpc) is 2.85. The molecular formula is C19H27N3O3. The Bertz CT molecular complexity index is 688. The first-order valence-corrected chi connectivity index (χ1v) is 8.49. The average molecular weight is 345 g/mol. The van der Waals surface area contributed by atoms with Gasteiger partial charge in [0.05, 0.1) is 11.8 Å². The fourth-order valence-electron chi connectivity index (χ4n) is 2.95. The number of likely N-dealkylation sites (N-methyl/N-ethyl adjacent to an activating group) is 1. The van der Waals surface area contributed by atoms with E-state index in [1.165, 1.54) is 0 Å². The minimum Gasteiger partial charge on any atom is -0.491 e. The summed E-state index contributed by atoms with van der Waals surface area (Å²) in [4.78, 5) is 13.7. The summed E-state index contributed by atoms with van der Waals surface area (Å²) < 4.78 is 5.62. The van der Waals surface area contributed by atoms with Crippen molar-refractivity contribution in [2.75, 3.05) is 13.6 Å². The van der Waals surface area contributed by atoms with E-state index in [1.54, 1.807) is 0 Å². The number of aromatic amines is 1. The summed E-state index contributed by atoms with van der Waals surface area (Å²) in [6, 6.07) is 6.59. The molecule has 0 amide bonds. The predicted molar refractivity (Wildman–Crippen MR) is 97.0 cm³/mol. The zero-order chi connectivity index (χ0) is 18.6. The number of ether oxygens (including phenoxy) is 1. The third-order valence-corrected chi connectivity index (χ3v) is 4.24. The molecule has 0 saturated heterocycles. The van der Waals surface area contributed by atoms with E-state index in [4.69, 9.17) is 4.74 Å². The standard InChI is InChI=1S/C19H27N3O3/c1-12(2)25-16-8-6-15(7-9-16)18(19(23)24)22(5)11-10-17-13(3)20-21-14(17)4/h6-9,12,18H,10-11H2,1-5H3,(H,20,21)(H,23,24). The molecule has 2 N–H and O–H groups in total. The number of carbonyl (C=O) groups is 1. The lowest BCUT2D eigenvalue weighted by Crippen LogP contribution is -2.32. The van der Waals surface area contributed by atoms with Crippen molar-refractivity contribution in [3.05, 3.63) is 46.8 Å². The number of H-pyrrole nitrogens is 1. The van der Waals surface area contributed by atoms with Crippen LogP contribution < -0.4 is 4.74 Å². The van der Waals surface area contributed by atoms with E-state index in [0.717, 1.165) is 34.7 Å². The Hall–Kier alpha value is -2.34. The fraction of sp³-hybridized carbons (Fsp3) is 0.474. The minimum atomic E-state index is -0.860. The van der Waals surface area contributed by atoms with E-state index in [9.17, 15) is 9.90 Å². The van der Waals surface area contributed by atoms with Crippen molar-refractivity contribution in [2.24, 2.45) is 0 Å². The molecule has 0 saturated carbocycles. The Labute approximate surface area is 148 Å². The summed E-state index contributed by atoms with van der Waals surface area (Å²) in [6.07, 6.45) is 0.841. The SMILES string of the molecule is Cc1n[nH]c(C)c1CCN(C)C(C(=O)O)c1ccc(OC(C)C)cc1. The van der Waals surface area contributed by atoms with Crippen molar-refractivity contribution < 1.29 is 14.6 Å². The normalized spacial score (nSPS) is 12.6. The molecule has 6 heteroatoms. The quantitative estimate of drug-likeness (QED) is 0.768. The topological polar surface area (TPSA) is 78.5 Å². The number of carboxylic acid groups (broad SMARTS) is 1. The van der Waals surface area contributed by atoms with Crippen molar-refractivity contribution in [2.45, 2.75) is 46.3 Å². The lowest BCUT2D eigenvalue weighted by Gasteiger charge is -2.25. The zero-order valence-corrected chi connectivity index (χ0v) is 15.5. The molecule has 0 aliphatic carbocycles. The van der Waals surface area contributed by atoms with Crippen molar-refractivity contribution in [3.63, 3.8) is 0 Å². The van der Waals surface area contributed by atoms with E-state index >= 15 is 0 Å². The molecule has 0 aliphatic rings. The van der Waals surface area contributed by atoms with Gasteiger partial charge in [-0.3, -0.25) is 14.8 Å². The number of hydrogen-bond acceptors (Lipinski definition) is 4. The van der Waals surface area contributed by atoms with Gasteiger partial charge in [-0.25, -0.2) is 0 Å². The molecule has 6 nitrogen and oxygen atoms in total. The van der Waals surface area contributed by atoms with Gasteiger partial charge in [-0.05, 0) is 64.4 Å². The molecule has 136 valence electrons. The molecular weight excluding hydrogens is 318 g/mol. The Morgan fingerprint density at radius 3 is 2.40 bits per heavy atom. The van der Waals surface area contributed by atoms with Crippen LogP contribution in [0.25, 0.3) is 0 Å². The van der Waals surface area contributed by atoms with Crippen molar-refractivity contribution in [1.29, 1.82) is 0 Å². The Kier molecular flexibility index (Phi) is 6.20. The molecule has 0 aliphatic heterocycles. The summed E-state index contributed by atoms with van der Waals surface area (Å²) in [5, 5.41) is 16.8. The van der Waals surface area contributed by atoms with Gasteiger partial charge in [0, 0.05) is 12.2 Å². The van der Waals surface area contributed by atoms with Gasteiger partial charge in [-0.1, -0.05) is 12.1 Å². The molecule has 0 radical (unpaired) electrons. The number of rotatable bonds is 8. The summed E-state index contributed by atoms with van der Waals surface area (Å²) in [6.45, 7) is 8.49. The van der Waals surface area contributed by atoms with Gasteiger partial charge in [-0.15, -0.1) is 0 Å². The molecule has 1 unspecified atom stereocenters. The van der Waals surface area contributed by atoms with Gasteiger partial charge < -0.3 is 9.84 Å². The van der Waals surface area contributed by atoms with Crippen LogP contribution in [0.4, 0.5) is 0 Å². The van der Waals surface area contributed by atoms with Gasteiger partial charge in [-0.2, -0.15) is 5.10 Å². The second-order valence-electron chi connectivity index (χ2n) is 6.62. The molecule has 25 heavy (non-hydrogen) atoms. The van der Waals surface area contributed by atoms with E-state index in [0.29, 0.717) is 6.54 Å². The minimum absolute atomic E-state index is 0.0882. The molecule has 0 spiro atoms. The van der Waals surface area contributed by atoms with Crippen molar-refractivity contribution in [1.82, 2.24) is 15.1 Å². The molecule has 2 aromatic rings. The Morgan fingerprint density at radius 2 is 1.92 bits per heavy atom. The van der Waals surface area contributed by atoms with E-state index in [-0.39, 0.29) is 6.10 Å². The highest BCUT2D eigenvalue weighted by atomic mass is 16.5. The Morgan fingerprint density at radius 1 is 1.28 bits per heavy atom. The number of benzene rings is 1. The van der Waals surface area contributed by atoms with Crippen LogP contribution in [0.15, 0.2) is 24.3 Å². The van der Waals surface area contributed by atoms with Crippen LogP contribution in [0.1, 0.15) is 42.4 Å². The number of nitrogens with zero attached hydrogens (tertiary/aromatic N) is 2. The number of aliphatic carboxylic acids is 1. The Balaban J connectivity index is 2.10. The third-order valence-electron chi connectivity index (χ3n) is 4.24. The van der Waals surface area contributed by atoms with Crippen LogP contribution in [0.2, 0.25) is 0 Å². The third kappa shape index (κ3) is 4.82. The maximum atomic E-state index is 11.8. The number of aryl methyl sites for hydroxylation is 2. The van der Waals surface area contributed by atoms with E-state index in [2.05, 4.69) is 10.2 Å². The maximum Gasteiger partial charge on any atom is 0.325 e. The van der Waals surface area contributed by atoms with E-state index < -0.39 is 12.0 Å². The van der Waals surface area contributed by atoms with Crippen LogP contribution in [0.3, 0.4) is 0 Å². The van der Waals surface area contributed by atoms with Crippen molar-refractivity contribution >= 4 is 5.97 Å². The first-order valence-electron chi connectivity index (χ1n) is 8.49. The first kappa shape index (κ1) is 19.0. The van der Waals surface area contributed by atoms with Crippen LogP contribution in [0, 0.1) is 13.8 Å². The zero-order valence-electron chi connectivity index (χ0n) is 15.5. The highest BCUT2D eigenvalue weighted by molar-refractivity contribution is 5.75. The number of nitrogens with one attached hydrogen (secondary N) is 1. The van der Waals surface area contributed by atoms with Crippen LogP contribution >= 0.6 is 0 Å². The largest absolute Gasteiger partial charge is 0.491 e. The van der Waals surface area contributed by atoms with Crippen LogP contribution in [0.5, 0.6) is 5.75 Å². The highest BCUT2D eigenvalue weighted by Gasteiger charge is 2.25. The van der Waals surface area contributed by atoms with Crippen molar-refractivity contribution in [3.8, 4) is 5.75 Å². The summed E-state index contributed by atoms with van der Waals surface area (Å²) in [5.74, 6) is -0.115. The lowest BCUT2D eigenvalue weighted by molar-refractivity contribution is -0.143. The van der Waals surface area contributed by atoms with Crippen LogP contribution in [-0.2, 0) is 11.2 Å². The number of aromatic nitrogens is 2. The molecule has 1 heterocycles. The summed E-state index contributed by atoms with van der Waals surface area (Å²) >= 11 is 0. The van der Waals surface area contributed by atoms with Crippen LogP contribution in [-0.4, -0.2) is 45.9 Å². The first-order chi connectivity index (χ1) is 11.8. The molecule has 2 rings (SSSR count). The highest BCUT2D eigenvalue weighted by Crippen LogP contribution is 2.24. The second-order valence-corrected chi connectivity index (χ2v) is 6.62. The predicted octanol–water partition coefficient (Wildman–Crippen LogP) is 3.11. The second kappa shape index (κ2) is 8.16. The lowest BCUT2D eigenvalue weighted by atomic mass is 10.0. The van der Waals surface area contributed by atoms with Gasteiger partial charge in [0.25, 0.3) is 0 Å². The summed E-state index contributed by atoms with van der Waals surface area (Å²) in [7, 11) is 1.84. The molecule has 1 aromatic heterocycles. The molecule has 1 aromatic carbocycles. The van der Waals surface area contributed by atoms with Gasteiger partial charge in [0.15, 0.2) is 0 Å². The molecule has 0 fully saturated rings. The smallest absolute Gasteiger partial charge is 0.325 e. The van der Waals surface area contributed by atoms with Gasteiger partial charge in [0.2, 0.25) is 0 Å². The molecule has 1 atom stereocenters. The number of carboxylic acids is 1. The number of hydrogen-bond donors (Lipinski definition) is 2. The maximum absolute atomic E-state index is 11.8. The fourth-order valence-corrected chi connectivity index (χ4v) is 2.95. The summed E-state index contributed by atoms with van der Waals surface area (Å²) in [5.41, 5.74) is 3.89. The van der Waals surface area contributed by atoms with Gasteiger partial charge >= 0.3 is 5.97 Å².